The van der Waals surface area contributed by atoms with Crippen molar-refractivity contribution in [2.24, 2.45) is 0 Å². The topological polar surface area (TPSA) is 24.3 Å². The fourth-order valence-corrected chi connectivity index (χ4v) is 3.44. The third-order valence-corrected chi connectivity index (χ3v) is 5.33. The quantitative estimate of drug-likeness (QED) is 0.565. The molecule has 0 aliphatic rings. The highest BCUT2D eigenvalue weighted by molar-refractivity contribution is 5.78. The normalized spacial score (nSPS) is 12.7. The van der Waals surface area contributed by atoms with Crippen LogP contribution < -0.4 is 0 Å². The summed E-state index contributed by atoms with van der Waals surface area (Å²) in [6.07, 6.45) is 3.09. The van der Waals surface area contributed by atoms with Crippen LogP contribution in [0.5, 0.6) is 0 Å². The predicted molar refractivity (Wildman–Crippen MR) is 118 cm³/mol. The van der Waals surface area contributed by atoms with Gasteiger partial charge in [0.25, 0.3) is 0 Å². The molecule has 0 fully saturated rings. The van der Waals surface area contributed by atoms with Crippen molar-refractivity contribution >= 4 is 0 Å². The molecule has 0 N–H and O–H groups in total. The van der Waals surface area contributed by atoms with Gasteiger partial charge in [0.1, 0.15) is 0 Å². The Morgan fingerprint density at radius 2 is 1.57 bits per heavy atom. The summed E-state index contributed by atoms with van der Waals surface area (Å²) < 4.78 is 2.30. The van der Waals surface area contributed by atoms with Crippen molar-refractivity contribution < 1.29 is 0 Å². The second-order valence-electron chi connectivity index (χ2n) is 7.92. The first-order valence-electron chi connectivity index (χ1n) is 9.99. The summed E-state index contributed by atoms with van der Waals surface area (Å²) in [4.78, 5) is 9.25. The first-order valence-corrected chi connectivity index (χ1v) is 9.99. The van der Waals surface area contributed by atoms with Crippen LogP contribution in [0.25, 0.3) is 22.5 Å². The molecular weight excluding hydrogens is 344 g/mol. The fraction of sp³-hybridized carbons (Fsp3) is 0.375. The van der Waals surface area contributed by atoms with Gasteiger partial charge in [-0.25, -0.2) is 4.98 Å². The van der Waals surface area contributed by atoms with E-state index < -0.39 is 0 Å². The van der Waals surface area contributed by atoms with Crippen molar-refractivity contribution in [3.05, 3.63) is 66.5 Å². The number of nitrogens with zero attached hydrogens (tertiary/aromatic N) is 4. The number of hydrogen-bond acceptors (Lipinski definition) is 3. The molecule has 0 saturated heterocycles. The summed E-state index contributed by atoms with van der Waals surface area (Å²) in [6, 6.07) is 19.8. The average molecular weight is 377 g/mol. The van der Waals surface area contributed by atoms with Gasteiger partial charge >= 0.3 is 0 Å². The van der Waals surface area contributed by atoms with Crippen LogP contribution in [0, 0.1) is 0 Å². The third kappa shape index (κ3) is 4.70. The van der Waals surface area contributed by atoms with E-state index in [0.29, 0.717) is 6.04 Å². The maximum absolute atomic E-state index is 4.79. The third-order valence-electron chi connectivity index (χ3n) is 5.33. The standard InChI is InChI=1S/C24H32N4/c1-19(27(4)5)20-12-14-22(15-13-20)24-23(21-10-7-6-8-11-21)25-18-28(24)17-9-16-26(2)3/h6-8,10-15,18-19H,9,16-17H2,1-5H3/t19-/m1/s1. The van der Waals surface area contributed by atoms with Gasteiger partial charge in [0, 0.05) is 23.7 Å². The van der Waals surface area contributed by atoms with Gasteiger partial charge in [-0.3, -0.25) is 0 Å². The molecule has 0 aliphatic carbocycles. The van der Waals surface area contributed by atoms with Crippen molar-refractivity contribution in [2.75, 3.05) is 34.7 Å². The van der Waals surface area contributed by atoms with Crippen LogP contribution in [0.4, 0.5) is 0 Å². The van der Waals surface area contributed by atoms with Gasteiger partial charge < -0.3 is 14.4 Å². The SMILES string of the molecule is C[C@H](c1ccc(-c2c(-c3ccccc3)ncn2CCCN(C)C)cc1)N(C)C. The molecule has 0 spiro atoms. The zero-order valence-electron chi connectivity index (χ0n) is 17.8. The van der Waals surface area contributed by atoms with E-state index in [4.69, 9.17) is 4.98 Å². The van der Waals surface area contributed by atoms with Crippen LogP contribution in [0.2, 0.25) is 0 Å². The van der Waals surface area contributed by atoms with Gasteiger partial charge in [0.05, 0.1) is 17.7 Å². The molecule has 0 bridgehead atoms. The first-order chi connectivity index (χ1) is 13.5. The van der Waals surface area contributed by atoms with Crippen molar-refractivity contribution in [3.63, 3.8) is 0 Å². The minimum Gasteiger partial charge on any atom is -0.330 e. The number of hydrogen-bond donors (Lipinski definition) is 0. The van der Waals surface area contributed by atoms with Crippen molar-refractivity contribution in [3.8, 4) is 22.5 Å². The number of aromatic nitrogens is 2. The summed E-state index contributed by atoms with van der Waals surface area (Å²) in [7, 11) is 8.47. The fourth-order valence-electron chi connectivity index (χ4n) is 3.44. The Bertz CT molecular complexity index is 863. The number of aryl methyl sites for hydroxylation is 1. The monoisotopic (exact) mass is 376 g/mol. The maximum atomic E-state index is 4.79. The van der Waals surface area contributed by atoms with E-state index in [1.807, 2.05) is 6.33 Å². The maximum Gasteiger partial charge on any atom is 0.0963 e. The summed E-state index contributed by atoms with van der Waals surface area (Å²) in [6.45, 7) is 4.26. The molecule has 4 heteroatoms. The Morgan fingerprint density at radius 1 is 0.893 bits per heavy atom. The summed E-state index contributed by atoms with van der Waals surface area (Å²) >= 11 is 0. The molecule has 0 saturated carbocycles. The lowest BCUT2D eigenvalue weighted by atomic mass is 10.0. The van der Waals surface area contributed by atoms with E-state index in [1.54, 1.807) is 0 Å². The number of imidazole rings is 1. The van der Waals surface area contributed by atoms with E-state index in [2.05, 4.69) is 104 Å². The van der Waals surface area contributed by atoms with Gasteiger partial charge in [0.15, 0.2) is 0 Å². The van der Waals surface area contributed by atoms with Crippen LogP contribution in [-0.2, 0) is 6.54 Å². The highest BCUT2D eigenvalue weighted by atomic mass is 15.1. The molecule has 0 unspecified atom stereocenters. The molecule has 1 aromatic heterocycles. The molecule has 3 aromatic rings. The molecule has 0 radical (unpaired) electrons. The Hall–Kier alpha value is -2.43. The van der Waals surface area contributed by atoms with Crippen LogP contribution in [-0.4, -0.2) is 54.1 Å². The zero-order chi connectivity index (χ0) is 20.1. The second kappa shape index (κ2) is 9.18. The van der Waals surface area contributed by atoms with Gasteiger partial charge in [-0.1, -0.05) is 54.6 Å². The van der Waals surface area contributed by atoms with Crippen molar-refractivity contribution in [1.82, 2.24) is 19.4 Å². The average Bonchev–Trinajstić information content (AvgIpc) is 3.11. The lowest BCUT2D eigenvalue weighted by molar-refractivity contribution is 0.321. The second-order valence-corrected chi connectivity index (χ2v) is 7.92. The van der Waals surface area contributed by atoms with Crippen LogP contribution in [0.15, 0.2) is 60.9 Å². The van der Waals surface area contributed by atoms with Gasteiger partial charge in [0.2, 0.25) is 0 Å². The van der Waals surface area contributed by atoms with Crippen LogP contribution >= 0.6 is 0 Å². The summed E-state index contributed by atoms with van der Waals surface area (Å²) in [5.74, 6) is 0. The molecule has 148 valence electrons. The first kappa shape index (κ1) is 20.3. The smallest absolute Gasteiger partial charge is 0.0963 e. The predicted octanol–water partition coefficient (Wildman–Crippen LogP) is 4.79. The lowest BCUT2D eigenvalue weighted by Gasteiger charge is -2.20. The molecule has 1 heterocycles. The van der Waals surface area contributed by atoms with E-state index in [9.17, 15) is 0 Å². The minimum atomic E-state index is 0.396. The van der Waals surface area contributed by atoms with Gasteiger partial charge in [-0.2, -0.15) is 0 Å². The molecule has 2 aromatic carbocycles. The largest absolute Gasteiger partial charge is 0.330 e. The van der Waals surface area contributed by atoms with Crippen LogP contribution in [0.1, 0.15) is 24.9 Å². The Labute approximate surface area is 169 Å². The Morgan fingerprint density at radius 3 is 2.18 bits per heavy atom. The summed E-state index contributed by atoms with van der Waals surface area (Å²) in [5.41, 5.74) is 5.96. The Balaban J connectivity index is 1.97. The van der Waals surface area contributed by atoms with Gasteiger partial charge in [-0.15, -0.1) is 0 Å². The molecule has 28 heavy (non-hydrogen) atoms. The summed E-state index contributed by atoms with van der Waals surface area (Å²) in [5, 5.41) is 0. The molecular formula is C24H32N4. The molecule has 0 aliphatic heterocycles. The Kier molecular flexibility index (Phi) is 6.65. The van der Waals surface area contributed by atoms with Crippen molar-refractivity contribution in [2.45, 2.75) is 25.9 Å². The van der Waals surface area contributed by atoms with Gasteiger partial charge in [-0.05, 0) is 53.6 Å². The molecule has 1 atom stereocenters. The van der Waals surface area contributed by atoms with E-state index in [1.165, 1.54) is 16.8 Å². The lowest BCUT2D eigenvalue weighted by Crippen LogP contribution is -2.16. The molecule has 3 rings (SSSR count). The highest BCUT2D eigenvalue weighted by Gasteiger charge is 2.16. The van der Waals surface area contributed by atoms with Crippen molar-refractivity contribution in [1.29, 1.82) is 0 Å². The molecule has 0 amide bonds. The number of benzene rings is 2. The minimum absolute atomic E-state index is 0.396. The number of rotatable bonds is 8. The van der Waals surface area contributed by atoms with E-state index >= 15 is 0 Å². The van der Waals surface area contributed by atoms with E-state index in [-0.39, 0.29) is 0 Å². The van der Waals surface area contributed by atoms with Crippen LogP contribution in [0.3, 0.4) is 0 Å². The van der Waals surface area contributed by atoms with E-state index in [0.717, 1.165) is 30.8 Å². The zero-order valence-corrected chi connectivity index (χ0v) is 17.8. The highest BCUT2D eigenvalue weighted by Crippen LogP contribution is 2.32. The molecule has 4 nitrogen and oxygen atoms in total.